The number of carbonyl (C=O) groups is 1. The summed E-state index contributed by atoms with van der Waals surface area (Å²) in [6.07, 6.45) is 5.65. The molecule has 3 saturated heterocycles. The number of piperidine rings is 2. The summed E-state index contributed by atoms with van der Waals surface area (Å²) in [4.78, 5) is 39.9. The number of morpholine rings is 1. The number of aromatic nitrogens is 3. The van der Waals surface area contributed by atoms with Crippen molar-refractivity contribution in [2.75, 3.05) is 57.4 Å². The first kappa shape index (κ1) is 23.2. The van der Waals surface area contributed by atoms with Gasteiger partial charge < -0.3 is 24.4 Å². The van der Waals surface area contributed by atoms with Crippen LogP contribution in [0.15, 0.2) is 47.4 Å². The number of hydrogen-bond donors (Lipinski definition) is 1. The zero-order valence-electron chi connectivity index (χ0n) is 20.6. The first-order valence-corrected chi connectivity index (χ1v) is 13.2. The van der Waals surface area contributed by atoms with Crippen molar-refractivity contribution in [1.82, 2.24) is 24.3 Å². The number of H-pyrrole nitrogens is 1. The summed E-state index contributed by atoms with van der Waals surface area (Å²) < 4.78 is 7.36. The predicted octanol–water partition coefficient (Wildman–Crippen LogP) is 2.50. The number of pyridine rings is 1. The molecule has 0 radical (unpaired) electrons. The molecule has 0 spiro atoms. The third-order valence-corrected chi connectivity index (χ3v) is 8.09. The molecular weight excluding hydrogens is 456 g/mol. The summed E-state index contributed by atoms with van der Waals surface area (Å²) in [5, 5.41) is 0. The Morgan fingerprint density at radius 2 is 1.61 bits per heavy atom. The lowest BCUT2D eigenvalue weighted by atomic mass is 9.97. The predicted molar refractivity (Wildman–Crippen MR) is 139 cm³/mol. The Hall–Kier alpha value is -3.17. The highest BCUT2D eigenvalue weighted by atomic mass is 16.5. The van der Waals surface area contributed by atoms with Crippen LogP contribution in [0.2, 0.25) is 0 Å². The highest BCUT2D eigenvalue weighted by Crippen LogP contribution is 2.28. The molecule has 1 amide bonds. The number of carbonyl (C=O) groups excluding carboxylic acids is 1. The second-order valence-corrected chi connectivity index (χ2v) is 10.1. The number of ether oxygens (including phenoxy) is 1. The van der Waals surface area contributed by atoms with Gasteiger partial charge in [-0.1, -0.05) is 12.1 Å². The summed E-state index contributed by atoms with van der Waals surface area (Å²) in [5.41, 5.74) is 2.57. The van der Waals surface area contributed by atoms with Gasteiger partial charge in [-0.3, -0.25) is 9.36 Å². The summed E-state index contributed by atoms with van der Waals surface area (Å²) in [6.45, 7) is 6.64. The number of hydrogen-bond acceptors (Lipinski definition) is 6. The lowest BCUT2D eigenvalue weighted by Gasteiger charge is -2.42. The maximum absolute atomic E-state index is 13.1. The number of nitrogens with one attached hydrogen (secondary N) is 1. The van der Waals surface area contributed by atoms with E-state index in [0.29, 0.717) is 11.6 Å². The zero-order chi connectivity index (χ0) is 24.5. The van der Waals surface area contributed by atoms with Crippen LogP contribution in [0.5, 0.6) is 0 Å². The van der Waals surface area contributed by atoms with Crippen molar-refractivity contribution >= 4 is 22.8 Å². The summed E-state index contributed by atoms with van der Waals surface area (Å²) in [5.74, 6) is 0.985. The van der Waals surface area contributed by atoms with E-state index in [2.05, 4.69) is 19.8 Å². The maximum atomic E-state index is 13.1. The van der Waals surface area contributed by atoms with Gasteiger partial charge in [0.05, 0.1) is 29.8 Å². The third-order valence-electron chi connectivity index (χ3n) is 8.09. The normalized spacial score (nSPS) is 20.8. The number of likely N-dealkylation sites (tertiary alicyclic amines) is 2. The molecule has 3 fully saturated rings. The van der Waals surface area contributed by atoms with Crippen LogP contribution in [-0.2, 0) is 4.74 Å². The van der Waals surface area contributed by atoms with E-state index in [4.69, 9.17) is 4.74 Å². The number of benzene rings is 1. The number of amides is 1. The smallest absolute Gasteiger partial charge is 0.326 e. The van der Waals surface area contributed by atoms with Gasteiger partial charge in [0.2, 0.25) is 0 Å². The molecule has 0 unspecified atom stereocenters. The first-order chi connectivity index (χ1) is 17.7. The molecule has 3 aromatic rings. The molecule has 3 aliphatic rings. The highest BCUT2D eigenvalue weighted by Gasteiger charge is 2.31. The van der Waals surface area contributed by atoms with E-state index in [9.17, 15) is 9.59 Å². The van der Waals surface area contributed by atoms with Crippen LogP contribution in [0, 0.1) is 0 Å². The Morgan fingerprint density at radius 3 is 2.33 bits per heavy atom. The Morgan fingerprint density at radius 1 is 0.889 bits per heavy atom. The number of aromatic amines is 1. The molecule has 6 rings (SSSR count). The zero-order valence-corrected chi connectivity index (χ0v) is 20.6. The topological polar surface area (TPSA) is 86.7 Å². The van der Waals surface area contributed by atoms with E-state index in [1.54, 1.807) is 6.20 Å². The summed E-state index contributed by atoms with van der Waals surface area (Å²) in [7, 11) is 0. The van der Waals surface area contributed by atoms with Crippen LogP contribution in [0.25, 0.3) is 11.0 Å². The van der Waals surface area contributed by atoms with E-state index in [1.165, 1.54) is 0 Å². The minimum absolute atomic E-state index is 0.00561. The van der Waals surface area contributed by atoms with Crippen molar-refractivity contribution < 1.29 is 9.53 Å². The minimum atomic E-state index is -0.00561. The van der Waals surface area contributed by atoms with Crippen LogP contribution >= 0.6 is 0 Å². The quantitative estimate of drug-likeness (QED) is 0.605. The van der Waals surface area contributed by atoms with E-state index in [-0.39, 0.29) is 17.6 Å². The molecule has 2 aromatic heterocycles. The average Bonchev–Trinajstić information content (AvgIpc) is 3.29. The standard InChI is InChI=1S/C27H34N6O3/c34-26(20-5-6-25(28-19-20)31-15-17-36-18-16-31)32-13-7-21(8-14-32)30-11-9-22(10-12-30)33-24-4-2-1-3-23(24)29-27(33)35/h1-6,19,21-22H,7-18H2,(H,29,35). The van der Waals surface area contributed by atoms with Crippen molar-refractivity contribution in [1.29, 1.82) is 0 Å². The van der Waals surface area contributed by atoms with Gasteiger partial charge >= 0.3 is 5.69 Å². The molecule has 0 saturated carbocycles. The van der Waals surface area contributed by atoms with Gasteiger partial charge in [-0.15, -0.1) is 0 Å². The van der Waals surface area contributed by atoms with E-state index < -0.39 is 0 Å². The molecule has 190 valence electrons. The van der Waals surface area contributed by atoms with E-state index in [1.807, 2.05) is 45.9 Å². The lowest BCUT2D eigenvalue weighted by Crippen LogP contribution is -2.49. The molecule has 5 heterocycles. The summed E-state index contributed by atoms with van der Waals surface area (Å²) >= 11 is 0. The molecule has 9 heteroatoms. The Bertz CT molecular complexity index is 1250. The average molecular weight is 491 g/mol. The van der Waals surface area contributed by atoms with E-state index >= 15 is 0 Å². The van der Waals surface area contributed by atoms with Gasteiger partial charge in [-0.2, -0.15) is 0 Å². The minimum Gasteiger partial charge on any atom is -0.378 e. The van der Waals surface area contributed by atoms with Crippen LogP contribution in [0.3, 0.4) is 0 Å². The summed E-state index contributed by atoms with van der Waals surface area (Å²) in [6, 6.07) is 12.5. The van der Waals surface area contributed by atoms with Crippen LogP contribution in [0.1, 0.15) is 42.1 Å². The van der Waals surface area contributed by atoms with Gasteiger partial charge in [0.15, 0.2) is 0 Å². The van der Waals surface area contributed by atoms with Gasteiger partial charge in [0.25, 0.3) is 5.91 Å². The fraction of sp³-hybridized carbons (Fsp3) is 0.519. The van der Waals surface area contributed by atoms with Gasteiger partial charge in [-0.25, -0.2) is 9.78 Å². The van der Waals surface area contributed by atoms with Crippen LogP contribution in [-0.4, -0.2) is 88.8 Å². The highest BCUT2D eigenvalue weighted by molar-refractivity contribution is 5.94. The fourth-order valence-corrected chi connectivity index (χ4v) is 6.05. The van der Waals surface area contributed by atoms with Gasteiger partial charge in [-0.05, 0) is 49.9 Å². The van der Waals surface area contributed by atoms with Crippen molar-refractivity contribution in [3.05, 3.63) is 58.6 Å². The number of imidazole rings is 1. The number of fused-ring (bicyclic) bond motifs is 1. The van der Waals surface area contributed by atoms with Gasteiger partial charge in [0, 0.05) is 57.5 Å². The third kappa shape index (κ3) is 4.53. The molecule has 0 bridgehead atoms. The Balaban J connectivity index is 1.02. The van der Waals surface area contributed by atoms with Crippen LogP contribution in [0.4, 0.5) is 5.82 Å². The van der Waals surface area contributed by atoms with Crippen molar-refractivity contribution in [2.45, 2.75) is 37.8 Å². The number of anilines is 1. The van der Waals surface area contributed by atoms with Crippen molar-refractivity contribution in [2.24, 2.45) is 0 Å². The Labute approximate surface area is 210 Å². The van der Waals surface area contributed by atoms with Gasteiger partial charge in [0.1, 0.15) is 5.82 Å². The molecule has 3 aliphatic heterocycles. The number of nitrogens with zero attached hydrogens (tertiary/aromatic N) is 5. The number of rotatable bonds is 4. The maximum Gasteiger partial charge on any atom is 0.326 e. The van der Waals surface area contributed by atoms with Crippen LogP contribution < -0.4 is 10.6 Å². The fourth-order valence-electron chi connectivity index (χ4n) is 6.05. The number of para-hydroxylation sites is 2. The lowest BCUT2D eigenvalue weighted by molar-refractivity contribution is 0.0557. The molecule has 1 aromatic carbocycles. The molecular formula is C27H34N6O3. The first-order valence-electron chi connectivity index (χ1n) is 13.2. The molecule has 9 nitrogen and oxygen atoms in total. The molecule has 36 heavy (non-hydrogen) atoms. The Kier molecular flexibility index (Phi) is 6.50. The SMILES string of the molecule is O=C(c1ccc(N2CCOCC2)nc1)N1CCC(N2CCC(n3c(=O)[nH]c4ccccc43)CC2)CC1. The van der Waals surface area contributed by atoms with Crippen molar-refractivity contribution in [3.63, 3.8) is 0 Å². The molecule has 0 aliphatic carbocycles. The van der Waals surface area contributed by atoms with Crippen molar-refractivity contribution in [3.8, 4) is 0 Å². The second kappa shape index (κ2) is 10.1. The van der Waals surface area contributed by atoms with E-state index in [0.717, 1.165) is 95.0 Å². The molecule has 1 N–H and O–H groups in total. The largest absolute Gasteiger partial charge is 0.378 e. The second-order valence-electron chi connectivity index (χ2n) is 10.1. The monoisotopic (exact) mass is 490 g/mol. The molecule has 0 atom stereocenters.